The minimum Gasteiger partial charge on any atom is -0.497 e. The predicted octanol–water partition coefficient (Wildman–Crippen LogP) is 3.55. The van der Waals surface area contributed by atoms with Crippen molar-refractivity contribution in [3.63, 3.8) is 0 Å². The Morgan fingerprint density at radius 2 is 1.89 bits per heavy atom. The molecular formula is C22H23N3O2. The Bertz CT molecular complexity index is 1050. The zero-order valence-electron chi connectivity index (χ0n) is 15.8. The summed E-state index contributed by atoms with van der Waals surface area (Å²) in [4.78, 5) is 13.1. The third kappa shape index (κ3) is 3.71. The van der Waals surface area contributed by atoms with Crippen molar-refractivity contribution in [1.82, 2.24) is 9.88 Å². The molecule has 5 nitrogen and oxygen atoms in total. The molecule has 0 spiro atoms. The van der Waals surface area contributed by atoms with Gasteiger partial charge in [0.25, 0.3) is 5.56 Å². The Labute approximate surface area is 158 Å². The van der Waals surface area contributed by atoms with Crippen LogP contribution in [-0.4, -0.2) is 24.3 Å². The van der Waals surface area contributed by atoms with Gasteiger partial charge in [-0.15, -0.1) is 0 Å². The van der Waals surface area contributed by atoms with E-state index in [-0.39, 0.29) is 5.56 Å². The van der Waals surface area contributed by atoms with Gasteiger partial charge < -0.3 is 10.1 Å². The fraction of sp³-hybridized carbons (Fsp3) is 0.273. The summed E-state index contributed by atoms with van der Waals surface area (Å²) in [5.74, 6) is 0.655. The van der Waals surface area contributed by atoms with E-state index in [2.05, 4.69) is 25.2 Å². The molecule has 0 aliphatic rings. The number of pyridine rings is 1. The van der Waals surface area contributed by atoms with Crippen molar-refractivity contribution >= 4 is 10.8 Å². The lowest BCUT2D eigenvalue weighted by Gasteiger charge is -2.17. The van der Waals surface area contributed by atoms with Crippen molar-refractivity contribution < 1.29 is 4.74 Å². The Kier molecular flexibility index (Phi) is 5.58. The second-order valence-corrected chi connectivity index (χ2v) is 6.68. The molecule has 0 saturated heterocycles. The summed E-state index contributed by atoms with van der Waals surface area (Å²) in [7, 11) is 1.59. The van der Waals surface area contributed by atoms with Gasteiger partial charge in [-0.05, 0) is 23.8 Å². The van der Waals surface area contributed by atoms with E-state index >= 15 is 0 Å². The quantitative estimate of drug-likeness (QED) is 0.729. The van der Waals surface area contributed by atoms with Gasteiger partial charge in [0.2, 0.25) is 0 Å². The Morgan fingerprint density at radius 1 is 1.15 bits per heavy atom. The number of hydrogen-bond acceptors (Lipinski definition) is 4. The normalized spacial score (nSPS) is 10.9. The van der Waals surface area contributed by atoms with Crippen molar-refractivity contribution in [2.45, 2.75) is 26.4 Å². The van der Waals surface area contributed by atoms with E-state index in [0.29, 0.717) is 36.0 Å². The zero-order valence-corrected chi connectivity index (χ0v) is 15.8. The van der Waals surface area contributed by atoms with E-state index in [1.54, 1.807) is 23.8 Å². The smallest absolute Gasteiger partial charge is 0.259 e. The van der Waals surface area contributed by atoms with Crippen molar-refractivity contribution in [1.29, 1.82) is 5.26 Å². The maximum Gasteiger partial charge on any atom is 0.259 e. The Morgan fingerprint density at radius 3 is 2.52 bits per heavy atom. The van der Waals surface area contributed by atoms with Gasteiger partial charge in [-0.1, -0.05) is 44.2 Å². The molecule has 3 rings (SSSR count). The number of nitrogens with zero attached hydrogens (tertiary/aromatic N) is 2. The van der Waals surface area contributed by atoms with Gasteiger partial charge >= 0.3 is 0 Å². The highest BCUT2D eigenvalue weighted by atomic mass is 16.5. The van der Waals surface area contributed by atoms with Gasteiger partial charge in [0.05, 0.1) is 7.11 Å². The number of ether oxygens (including phenoxy) is 1. The molecule has 0 aliphatic heterocycles. The lowest BCUT2D eigenvalue weighted by atomic mass is 9.97. The standard InChI is InChI=1S/C22H23N3O2/c1-15(2)24-11-12-25-20(14-23)21(16-7-5-4-6-8-16)19-13-17(27-3)9-10-18(19)22(25)26/h4-10,13,15,24H,11-12H2,1-3H3. The summed E-state index contributed by atoms with van der Waals surface area (Å²) >= 11 is 0. The minimum atomic E-state index is -0.158. The van der Waals surface area contributed by atoms with Crippen LogP contribution < -0.4 is 15.6 Å². The molecule has 0 radical (unpaired) electrons. The number of methoxy groups -OCH3 is 1. The summed E-state index contributed by atoms with van der Waals surface area (Å²) in [5.41, 5.74) is 1.88. The second-order valence-electron chi connectivity index (χ2n) is 6.68. The number of nitrogens with one attached hydrogen (secondary N) is 1. The number of hydrogen-bond donors (Lipinski definition) is 1. The molecule has 0 fully saturated rings. The van der Waals surface area contributed by atoms with Crippen LogP contribution >= 0.6 is 0 Å². The highest BCUT2D eigenvalue weighted by Crippen LogP contribution is 2.32. The zero-order chi connectivity index (χ0) is 19.4. The number of benzene rings is 2. The van der Waals surface area contributed by atoms with E-state index in [0.717, 1.165) is 16.5 Å². The maximum absolute atomic E-state index is 13.1. The van der Waals surface area contributed by atoms with Crippen molar-refractivity contribution in [2.24, 2.45) is 0 Å². The fourth-order valence-electron chi connectivity index (χ4n) is 3.24. The number of nitriles is 1. The van der Waals surface area contributed by atoms with E-state index in [1.165, 1.54) is 0 Å². The van der Waals surface area contributed by atoms with Crippen LogP contribution in [0.5, 0.6) is 5.75 Å². The molecule has 1 aromatic heterocycles. The van der Waals surface area contributed by atoms with E-state index in [4.69, 9.17) is 4.74 Å². The highest BCUT2D eigenvalue weighted by molar-refractivity contribution is 5.99. The molecule has 0 amide bonds. The summed E-state index contributed by atoms with van der Waals surface area (Å²) in [5, 5.41) is 14.5. The summed E-state index contributed by atoms with van der Waals surface area (Å²) < 4.78 is 6.92. The fourth-order valence-corrected chi connectivity index (χ4v) is 3.24. The van der Waals surface area contributed by atoms with Crippen LogP contribution in [0.25, 0.3) is 21.9 Å². The minimum absolute atomic E-state index is 0.158. The summed E-state index contributed by atoms with van der Waals surface area (Å²) in [6, 6.07) is 17.7. The average molecular weight is 361 g/mol. The molecule has 3 aromatic rings. The number of rotatable bonds is 6. The van der Waals surface area contributed by atoms with Gasteiger partial charge in [0, 0.05) is 35.5 Å². The maximum atomic E-state index is 13.1. The first-order valence-corrected chi connectivity index (χ1v) is 9.00. The second kappa shape index (κ2) is 8.07. The topological polar surface area (TPSA) is 67.0 Å². The van der Waals surface area contributed by atoms with E-state index < -0.39 is 0 Å². The van der Waals surface area contributed by atoms with Crippen LogP contribution in [0, 0.1) is 11.3 Å². The van der Waals surface area contributed by atoms with Crippen LogP contribution in [-0.2, 0) is 6.54 Å². The summed E-state index contributed by atoms with van der Waals surface area (Å²) in [6.07, 6.45) is 0. The molecule has 0 bridgehead atoms. The number of aromatic nitrogens is 1. The monoisotopic (exact) mass is 361 g/mol. The third-order valence-electron chi connectivity index (χ3n) is 4.53. The predicted molar refractivity (Wildman–Crippen MR) is 108 cm³/mol. The molecule has 1 heterocycles. The molecule has 0 saturated carbocycles. The molecule has 138 valence electrons. The molecule has 5 heteroatoms. The summed E-state index contributed by atoms with van der Waals surface area (Å²) in [6.45, 7) is 5.15. The van der Waals surface area contributed by atoms with Crippen LogP contribution in [0.1, 0.15) is 19.5 Å². The van der Waals surface area contributed by atoms with Gasteiger partial charge in [-0.2, -0.15) is 5.26 Å². The highest BCUT2D eigenvalue weighted by Gasteiger charge is 2.18. The van der Waals surface area contributed by atoms with E-state index in [9.17, 15) is 10.1 Å². The molecule has 27 heavy (non-hydrogen) atoms. The lowest BCUT2D eigenvalue weighted by Crippen LogP contribution is -2.32. The van der Waals surface area contributed by atoms with Gasteiger partial charge in [-0.25, -0.2) is 0 Å². The first kappa shape index (κ1) is 18.7. The van der Waals surface area contributed by atoms with Crippen LogP contribution in [0.2, 0.25) is 0 Å². The van der Waals surface area contributed by atoms with Crippen molar-refractivity contribution in [2.75, 3.05) is 13.7 Å². The lowest BCUT2D eigenvalue weighted by molar-refractivity contribution is 0.415. The van der Waals surface area contributed by atoms with Crippen LogP contribution in [0.3, 0.4) is 0 Å². The first-order chi connectivity index (χ1) is 13.1. The third-order valence-corrected chi connectivity index (χ3v) is 4.53. The molecule has 0 unspecified atom stereocenters. The molecule has 1 N–H and O–H groups in total. The van der Waals surface area contributed by atoms with Crippen molar-refractivity contribution in [3.05, 3.63) is 64.6 Å². The van der Waals surface area contributed by atoms with Crippen molar-refractivity contribution in [3.8, 4) is 22.9 Å². The average Bonchev–Trinajstić information content (AvgIpc) is 2.69. The van der Waals surface area contributed by atoms with Crippen LogP contribution in [0.15, 0.2) is 53.3 Å². The SMILES string of the molecule is COc1ccc2c(=O)n(CCNC(C)C)c(C#N)c(-c3ccccc3)c2c1. The molecule has 2 aromatic carbocycles. The van der Waals surface area contributed by atoms with Crippen LogP contribution in [0.4, 0.5) is 0 Å². The van der Waals surface area contributed by atoms with Gasteiger partial charge in [-0.3, -0.25) is 9.36 Å². The van der Waals surface area contributed by atoms with E-state index in [1.807, 2.05) is 36.4 Å². The largest absolute Gasteiger partial charge is 0.497 e. The molecule has 0 aliphatic carbocycles. The Hall–Kier alpha value is -3.10. The molecular weight excluding hydrogens is 338 g/mol. The molecule has 0 atom stereocenters. The van der Waals surface area contributed by atoms with Gasteiger partial charge in [0.1, 0.15) is 17.5 Å². The first-order valence-electron chi connectivity index (χ1n) is 9.00. The number of fused-ring (bicyclic) bond motifs is 1. The van der Waals surface area contributed by atoms with Gasteiger partial charge in [0.15, 0.2) is 0 Å². The Balaban J connectivity index is 2.32.